The van der Waals surface area contributed by atoms with Gasteiger partial charge in [-0.3, -0.25) is 4.79 Å². The zero-order chi connectivity index (χ0) is 10.7. The summed E-state index contributed by atoms with van der Waals surface area (Å²) in [6.45, 7) is 4.54. The van der Waals surface area contributed by atoms with Crippen LogP contribution in [0, 0.1) is 5.92 Å². The molecule has 0 aromatic carbocycles. The van der Waals surface area contributed by atoms with Gasteiger partial charge >= 0.3 is 0 Å². The Hall–Kier alpha value is -1.23. The molecule has 0 aliphatic carbocycles. The van der Waals surface area contributed by atoms with Crippen LogP contribution in [0.2, 0.25) is 0 Å². The lowest BCUT2D eigenvalue weighted by atomic mass is 10.0. The van der Waals surface area contributed by atoms with E-state index in [9.17, 15) is 4.79 Å². The molecule has 15 heavy (non-hydrogen) atoms. The molecular weight excluding hydrogens is 192 g/mol. The second kappa shape index (κ2) is 4.53. The standard InChI is InChI=1S/C10H16N4O/c1-2-14-10(12-7-13-14)5-9(15)8-3-4-11-6-8/h7-8,11H,2-6H2,1H3. The smallest absolute Gasteiger partial charge is 0.144 e. The van der Waals surface area contributed by atoms with E-state index in [1.54, 1.807) is 4.68 Å². The molecule has 2 rings (SSSR count). The molecule has 1 aromatic rings. The van der Waals surface area contributed by atoms with Crippen LogP contribution in [0.4, 0.5) is 0 Å². The number of carbonyl (C=O) groups excluding carboxylic acids is 1. The number of aryl methyl sites for hydroxylation is 1. The average molecular weight is 208 g/mol. The van der Waals surface area contributed by atoms with E-state index in [1.165, 1.54) is 6.33 Å². The van der Waals surface area contributed by atoms with Gasteiger partial charge < -0.3 is 5.32 Å². The lowest BCUT2D eigenvalue weighted by molar-refractivity contribution is -0.121. The molecule has 1 atom stereocenters. The number of carbonyl (C=O) groups is 1. The van der Waals surface area contributed by atoms with Gasteiger partial charge in [-0.15, -0.1) is 0 Å². The Balaban J connectivity index is 1.98. The van der Waals surface area contributed by atoms with Crippen LogP contribution >= 0.6 is 0 Å². The Kier molecular flexibility index (Phi) is 3.11. The second-order valence-electron chi connectivity index (χ2n) is 3.82. The molecule has 0 amide bonds. The number of hydrogen-bond acceptors (Lipinski definition) is 4. The molecule has 1 saturated heterocycles. The van der Waals surface area contributed by atoms with Crippen molar-refractivity contribution in [2.45, 2.75) is 26.3 Å². The molecule has 0 bridgehead atoms. The predicted octanol–water partition coefficient (Wildman–Crippen LogP) is 0.0191. The van der Waals surface area contributed by atoms with E-state index in [0.717, 1.165) is 31.9 Å². The van der Waals surface area contributed by atoms with Crippen molar-refractivity contribution in [1.82, 2.24) is 20.1 Å². The van der Waals surface area contributed by atoms with Crippen molar-refractivity contribution in [2.24, 2.45) is 5.92 Å². The summed E-state index contributed by atoms with van der Waals surface area (Å²) in [4.78, 5) is 16.0. The van der Waals surface area contributed by atoms with Crippen molar-refractivity contribution in [3.8, 4) is 0 Å². The summed E-state index contributed by atoms with van der Waals surface area (Å²) in [6.07, 6.45) is 2.89. The van der Waals surface area contributed by atoms with Gasteiger partial charge in [0, 0.05) is 19.0 Å². The molecule has 82 valence electrons. The molecule has 5 heteroatoms. The van der Waals surface area contributed by atoms with E-state index in [0.29, 0.717) is 6.42 Å². The zero-order valence-corrected chi connectivity index (χ0v) is 8.94. The molecular formula is C10H16N4O. The maximum atomic E-state index is 11.9. The van der Waals surface area contributed by atoms with Gasteiger partial charge in [0.25, 0.3) is 0 Å². The Bertz CT molecular complexity index is 341. The first-order valence-electron chi connectivity index (χ1n) is 5.41. The van der Waals surface area contributed by atoms with Gasteiger partial charge in [0.15, 0.2) is 0 Å². The van der Waals surface area contributed by atoms with E-state index in [-0.39, 0.29) is 11.7 Å². The number of nitrogens with zero attached hydrogens (tertiary/aromatic N) is 3. The van der Waals surface area contributed by atoms with Crippen LogP contribution in [0.1, 0.15) is 19.2 Å². The van der Waals surface area contributed by atoms with Crippen LogP contribution in [0.25, 0.3) is 0 Å². The Labute approximate surface area is 88.9 Å². The van der Waals surface area contributed by atoms with Crippen molar-refractivity contribution < 1.29 is 4.79 Å². The summed E-state index contributed by atoms with van der Waals surface area (Å²) in [5, 5.41) is 7.25. The lowest BCUT2D eigenvalue weighted by Gasteiger charge is -2.07. The normalized spacial score (nSPS) is 20.7. The van der Waals surface area contributed by atoms with Gasteiger partial charge in [0.1, 0.15) is 17.9 Å². The summed E-state index contributed by atoms with van der Waals surface area (Å²) in [6, 6.07) is 0. The minimum atomic E-state index is 0.173. The maximum Gasteiger partial charge on any atom is 0.144 e. The average Bonchev–Trinajstić information content (AvgIpc) is 2.87. The number of Topliss-reactive ketones (excluding diaryl/α,β-unsaturated/α-hetero) is 1. The van der Waals surface area contributed by atoms with Crippen LogP contribution < -0.4 is 5.32 Å². The van der Waals surface area contributed by atoms with Crippen LogP contribution in [0.3, 0.4) is 0 Å². The molecule has 0 spiro atoms. The van der Waals surface area contributed by atoms with Gasteiger partial charge in [-0.1, -0.05) is 0 Å². The second-order valence-corrected chi connectivity index (χ2v) is 3.82. The van der Waals surface area contributed by atoms with E-state index in [4.69, 9.17) is 0 Å². The van der Waals surface area contributed by atoms with E-state index < -0.39 is 0 Å². The highest BCUT2D eigenvalue weighted by Gasteiger charge is 2.23. The van der Waals surface area contributed by atoms with Gasteiger partial charge in [0.2, 0.25) is 0 Å². The van der Waals surface area contributed by atoms with Crippen molar-refractivity contribution in [3.63, 3.8) is 0 Å². The van der Waals surface area contributed by atoms with Crippen LogP contribution in [0.5, 0.6) is 0 Å². The minimum absolute atomic E-state index is 0.173. The Morgan fingerprint density at radius 2 is 2.60 bits per heavy atom. The first kappa shape index (κ1) is 10.3. The number of aromatic nitrogens is 3. The topological polar surface area (TPSA) is 59.8 Å². The highest BCUT2D eigenvalue weighted by molar-refractivity contribution is 5.83. The van der Waals surface area contributed by atoms with Crippen molar-refractivity contribution in [2.75, 3.05) is 13.1 Å². The first-order chi connectivity index (χ1) is 7.31. The molecule has 1 N–H and O–H groups in total. The SMILES string of the molecule is CCn1ncnc1CC(=O)C1CCNC1. The van der Waals surface area contributed by atoms with E-state index in [2.05, 4.69) is 15.4 Å². The predicted molar refractivity (Wildman–Crippen MR) is 55.4 cm³/mol. The number of nitrogens with one attached hydrogen (secondary N) is 1. The number of rotatable bonds is 4. The molecule has 2 heterocycles. The minimum Gasteiger partial charge on any atom is -0.316 e. The van der Waals surface area contributed by atoms with E-state index >= 15 is 0 Å². The third kappa shape index (κ3) is 2.23. The largest absolute Gasteiger partial charge is 0.316 e. The van der Waals surface area contributed by atoms with Crippen molar-refractivity contribution in [3.05, 3.63) is 12.2 Å². The maximum absolute atomic E-state index is 11.9. The van der Waals surface area contributed by atoms with Gasteiger partial charge in [-0.05, 0) is 19.9 Å². The van der Waals surface area contributed by atoms with Gasteiger partial charge in [0.05, 0.1) is 6.42 Å². The van der Waals surface area contributed by atoms with Crippen LogP contribution in [-0.2, 0) is 17.8 Å². The molecule has 1 fully saturated rings. The Morgan fingerprint density at radius 3 is 3.27 bits per heavy atom. The van der Waals surface area contributed by atoms with Crippen molar-refractivity contribution in [1.29, 1.82) is 0 Å². The zero-order valence-electron chi connectivity index (χ0n) is 8.94. The molecule has 5 nitrogen and oxygen atoms in total. The monoisotopic (exact) mass is 208 g/mol. The van der Waals surface area contributed by atoms with Gasteiger partial charge in [-0.25, -0.2) is 9.67 Å². The fourth-order valence-corrected chi connectivity index (χ4v) is 1.92. The van der Waals surface area contributed by atoms with Crippen LogP contribution in [0.15, 0.2) is 6.33 Å². The van der Waals surface area contributed by atoms with Gasteiger partial charge in [-0.2, -0.15) is 5.10 Å². The highest BCUT2D eigenvalue weighted by Crippen LogP contribution is 2.11. The first-order valence-corrected chi connectivity index (χ1v) is 5.41. The van der Waals surface area contributed by atoms with E-state index in [1.807, 2.05) is 6.92 Å². The molecule has 1 aromatic heterocycles. The summed E-state index contributed by atoms with van der Waals surface area (Å²) < 4.78 is 1.78. The molecule has 1 aliphatic rings. The van der Waals surface area contributed by atoms with Crippen molar-refractivity contribution >= 4 is 5.78 Å². The lowest BCUT2D eigenvalue weighted by Crippen LogP contribution is -2.21. The molecule has 0 saturated carbocycles. The summed E-state index contributed by atoms with van der Waals surface area (Å²) in [5.74, 6) is 1.24. The number of hydrogen-bond donors (Lipinski definition) is 1. The fourth-order valence-electron chi connectivity index (χ4n) is 1.92. The summed E-state index contributed by atoms with van der Waals surface area (Å²) in [7, 11) is 0. The molecule has 0 radical (unpaired) electrons. The quantitative estimate of drug-likeness (QED) is 0.757. The fraction of sp³-hybridized carbons (Fsp3) is 0.700. The summed E-state index contributed by atoms with van der Waals surface area (Å²) in [5.41, 5.74) is 0. The number of ketones is 1. The molecule has 1 unspecified atom stereocenters. The third-order valence-corrected chi connectivity index (χ3v) is 2.84. The Morgan fingerprint density at radius 1 is 1.73 bits per heavy atom. The third-order valence-electron chi connectivity index (χ3n) is 2.84. The van der Waals surface area contributed by atoms with Crippen LogP contribution in [-0.4, -0.2) is 33.6 Å². The summed E-state index contributed by atoms with van der Waals surface area (Å²) >= 11 is 0. The highest BCUT2D eigenvalue weighted by atomic mass is 16.1. The molecule has 1 aliphatic heterocycles.